The zero-order chi connectivity index (χ0) is 7.98. The molecule has 0 amide bonds. The van der Waals surface area contributed by atoms with Crippen LogP contribution in [0.5, 0.6) is 0 Å². The maximum atomic E-state index is 6.92. The minimum absolute atomic E-state index is 0.238. The Kier molecular flexibility index (Phi) is 5.22. The van der Waals surface area contributed by atoms with Crippen molar-refractivity contribution < 1.29 is 0 Å². The van der Waals surface area contributed by atoms with Crippen LogP contribution >= 0.6 is 0 Å². The summed E-state index contributed by atoms with van der Waals surface area (Å²) in [6, 6.07) is 0.238. The molecule has 0 saturated carbocycles. The van der Waals surface area contributed by atoms with Gasteiger partial charge in [0.15, 0.2) is 0 Å². The molecular formula is C8H18N2. The molecule has 0 fully saturated rings. The lowest BCUT2D eigenvalue weighted by atomic mass is 9.94. The van der Waals surface area contributed by atoms with Crippen molar-refractivity contribution in [3.63, 3.8) is 0 Å². The highest BCUT2D eigenvalue weighted by molar-refractivity contribution is 5.53. The average molecular weight is 142 g/mol. The third-order valence-corrected chi connectivity index (χ3v) is 1.82. The molecule has 2 nitrogen and oxygen atoms in total. The topological polar surface area (TPSA) is 49.9 Å². The largest absolute Gasteiger partial charge is 0.328 e. The molecule has 2 unspecified atom stereocenters. The van der Waals surface area contributed by atoms with Crippen LogP contribution in [-0.2, 0) is 0 Å². The zero-order valence-corrected chi connectivity index (χ0v) is 6.93. The fraction of sp³-hybridized carbons (Fsp3) is 0.875. The lowest BCUT2D eigenvalue weighted by Gasteiger charge is -2.17. The third-order valence-electron chi connectivity index (χ3n) is 1.82. The molecular weight excluding hydrogens is 124 g/mol. The van der Waals surface area contributed by atoms with Gasteiger partial charge < -0.3 is 11.1 Å². The van der Waals surface area contributed by atoms with Crippen LogP contribution in [0.1, 0.15) is 33.1 Å². The number of rotatable bonds is 5. The molecule has 2 heteroatoms. The van der Waals surface area contributed by atoms with Gasteiger partial charge in [-0.05, 0) is 31.9 Å². The van der Waals surface area contributed by atoms with Crippen LogP contribution in [-0.4, -0.2) is 12.3 Å². The number of nitrogens with two attached hydrogens (primary N) is 1. The first-order valence-corrected chi connectivity index (χ1v) is 3.96. The monoisotopic (exact) mass is 142 g/mol. The van der Waals surface area contributed by atoms with E-state index in [-0.39, 0.29) is 6.04 Å². The second kappa shape index (κ2) is 5.42. The molecule has 0 aliphatic rings. The Labute approximate surface area is 63.3 Å². The summed E-state index contributed by atoms with van der Waals surface area (Å²) in [6.45, 7) is 4.17. The van der Waals surface area contributed by atoms with Crippen molar-refractivity contribution >= 4 is 6.21 Å². The van der Waals surface area contributed by atoms with E-state index < -0.39 is 0 Å². The summed E-state index contributed by atoms with van der Waals surface area (Å²) in [5.74, 6) is 0.516. The molecule has 0 aromatic rings. The molecule has 0 radical (unpaired) electrons. The van der Waals surface area contributed by atoms with Gasteiger partial charge in [0.05, 0.1) is 0 Å². The van der Waals surface area contributed by atoms with Crippen LogP contribution in [0, 0.1) is 11.3 Å². The van der Waals surface area contributed by atoms with Crippen molar-refractivity contribution in [2.45, 2.75) is 39.2 Å². The van der Waals surface area contributed by atoms with E-state index >= 15 is 0 Å². The predicted molar refractivity (Wildman–Crippen MR) is 45.4 cm³/mol. The first-order valence-electron chi connectivity index (χ1n) is 3.96. The van der Waals surface area contributed by atoms with Crippen LogP contribution in [0.4, 0.5) is 0 Å². The highest BCUT2D eigenvalue weighted by Crippen LogP contribution is 2.12. The second-order valence-corrected chi connectivity index (χ2v) is 2.85. The van der Waals surface area contributed by atoms with Gasteiger partial charge in [-0.1, -0.05) is 13.3 Å². The highest BCUT2D eigenvalue weighted by atomic mass is 14.6. The highest BCUT2D eigenvalue weighted by Gasteiger charge is 2.09. The minimum Gasteiger partial charge on any atom is -0.328 e. The number of nitrogens with one attached hydrogen (secondary N) is 1. The van der Waals surface area contributed by atoms with Gasteiger partial charge in [0, 0.05) is 6.04 Å². The summed E-state index contributed by atoms with van der Waals surface area (Å²) < 4.78 is 0. The predicted octanol–water partition coefficient (Wildman–Crippen LogP) is 1.79. The van der Waals surface area contributed by atoms with E-state index in [1.807, 2.05) is 6.92 Å². The van der Waals surface area contributed by atoms with Gasteiger partial charge in [-0.3, -0.25) is 0 Å². The van der Waals surface area contributed by atoms with Crippen LogP contribution in [0.15, 0.2) is 0 Å². The first kappa shape index (κ1) is 9.63. The van der Waals surface area contributed by atoms with Crippen LogP contribution in [0.3, 0.4) is 0 Å². The summed E-state index contributed by atoms with van der Waals surface area (Å²) in [6.07, 6.45) is 4.61. The standard InChI is InChI=1S/C8H18N2/c1-3-4-8(5-6-9)7(2)10/h6-9H,3-5,10H2,1-2H3. The maximum absolute atomic E-state index is 6.92. The molecule has 0 spiro atoms. The molecule has 0 aliphatic carbocycles. The summed E-state index contributed by atoms with van der Waals surface area (Å²) >= 11 is 0. The lowest BCUT2D eigenvalue weighted by molar-refractivity contribution is 0.424. The quantitative estimate of drug-likeness (QED) is 0.565. The maximum Gasteiger partial charge on any atom is 0.00422 e. The van der Waals surface area contributed by atoms with E-state index in [1.165, 1.54) is 12.6 Å². The van der Waals surface area contributed by atoms with Gasteiger partial charge in [0.1, 0.15) is 0 Å². The molecule has 0 saturated heterocycles. The summed E-state index contributed by atoms with van der Waals surface area (Å²) in [5.41, 5.74) is 5.71. The van der Waals surface area contributed by atoms with Crippen molar-refractivity contribution in [2.75, 3.05) is 0 Å². The van der Waals surface area contributed by atoms with E-state index in [9.17, 15) is 0 Å². The smallest absolute Gasteiger partial charge is 0.00422 e. The van der Waals surface area contributed by atoms with Crippen molar-refractivity contribution in [2.24, 2.45) is 11.7 Å². The van der Waals surface area contributed by atoms with E-state index in [4.69, 9.17) is 11.1 Å². The second-order valence-electron chi connectivity index (χ2n) is 2.85. The molecule has 0 bridgehead atoms. The molecule has 2 atom stereocenters. The summed E-state index contributed by atoms with van der Waals surface area (Å²) in [7, 11) is 0. The number of hydrogen-bond acceptors (Lipinski definition) is 2. The Hall–Kier alpha value is -0.370. The fourth-order valence-electron chi connectivity index (χ4n) is 1.12. The van der Waals surface area contributed by atoms with Crippen LogP contribution in [0.25, 0.3) is 0 Å². The van der Waals surface area contributed by atoms with Crippen molar-refractivity contribution in [3.8, 4) is 0 Å². The van der Waals surface area contributed by atoms with Gasteiger partial charge in [0.25, 0.3) is 0 Å². The Morgan fingerprint density at radius 1 is 1.60 bits per heavy atom. The van der Waals surface area contributed by atoms with Crippen LogP contribution < -0.4 is 5.73 Å². The Balaban J connectivity index is 3.60. The van der Waals surface area contributed by atoms with Gasteiger partial charge in [0.2, 0.25) is 0 Å². The molecule has 0 aromatic carbocycles. The Morgan fingerprint density at radius 3 is 2.50 bits per heavy atom. The van der Waals surface area contributed by atoms with Gasteiger partial charge >= 0.3 is 0 Å². The minimum atomic E-state index is 0.238. The first-order chi connectivity index (χ1) is 4.72. The van der Waals surface area contributed by atoms with E-state index in [1.54, 1.807) is 0 Å². The van der Waals surface area contributed by atoms with Crippen molar-refractivity contribution in [1.29, 1.82) is 5.41 Å². The molecule has 0 aliphatic heterocycles. The molecule has 0 heterocycles. The lowest BCUT2D eigenvalue weighted by Crippen LogP contribution is -2.26. The van der Waals surface area contributed by atoms with E-state index in [0.717, 1.165) is 12.8 Å². The average Bonchev–Trinajstić information content (AvgIpc) is 1.87. The molecule has 3 N–H and O–H groups in total. The Morgan fingerprint density at radius 2 is 2.20 bits per heavy atom. The fourth-order valence-corrected chi connectivity index (χ4v) is 1.12. The summed E-state index contributed by atoms with van der Waals surface area (Å²) in [4.78, 5) is 0. The Bertz CT molecular complexity index is 89.3. The third kappa shape index (κ3) is 3.62. The van der Waals surface area contributed by atoms with Gasteiger partial charge in [-0.2, -0.15) is 0 Å². The van der Waals surface area contributed by atoms with E-state index in [2.05, 4.69) is 6.92 Å². The molecule has 10 heavy (non-hydrogen) atoms. The normalized spacial score (nSPS) is 16.3. The molecule has 60 valence electrons. The van der Waals surface area contributed by atoms with Gasteiger partial charge in [-0.25, -0.2) is 0 Å². The molecule has 0 rings (SSSR count). The van der Waals surface area contributed by atoms with E-state index in [0.29, 0.717) is 5.92 Å². The van der Waals surface area contributed by atoms with Crippen molar-refractivity contribution in [1.82, 2.24) is 0 Å². The molecule has 0 aromatic heterocycles. The van der Waals surface area contributed by atoms with Gasteiger partial charge in [-0.15, -0.1) is 0 Å². The van der Waals surface area contributed by atoms with Crippen LogP contribution in [0.2, 0.25) is 0 Å². The summed E-state index contributed by atoms with van der Waals surface area (Å²) in [5, 5.41) is 6.92. The van der Waals surface area contributed by atoms with Crippen molar-refractivity contribution in [3.05, 3.63) is 0 Å². The number of hydrogen-bond donors (Lipinski definition) is 2. The zero-order valence-electron chi connectivity index (χ0n) is 6.93. The SMILES string of the molecule is CCCC(CC=N)C(C)N.